The molecule has 5 rings (SSSR count). The van der Waals surface area contributed by atoms with Crippen LogP contribution >= 0.6 is 7.92 Å². The van der Waals surface area contributed by atoms with Crippen LogP contribution in [0.2, 0.25) is 4.28 Å². The van der Waals surface area contributed by atoms with E-state index in [2.05, 4.69) is 184 Å². The fourth-order valence-corrected chi connectivity index (χ4v) is 15.0. The predicted molar refractivity (Wildman–Crippen MR) is 203 cm³/mol. The smallest absolute Gasteiger partial charge is 0.488 e. The third-order valence-electron chi connectivity index (χ3n) is 8.62. The summed E-state index contributed by atoms with van der Waals surface area (Å²) in [5.74, 6) is 0. The topological polar surface area (TPSA) is 9.23 Å². The molecular formula is C43H48AlOP. The highest BCUT2D eigenvalue weighted by atomic mass is 31.1. The van der Waals surface area contributed by atoms with Crippen LogP contribution in [0.1, 0.15) is 76.9 Å². The second-order valence-electron chi connectivity index (χ2n) is 13.9. The van der Waals surface area contributed by atoms with Gasteiger partial charge in [-0.15, -0.1) is 0 Å². The van der Waals surface area contributed by atoms with Gasteiger partial charge in [0.05, 0.1) is 6.10 Å². The molecule has 0 aliphatic carbocycles. The molecule has 1 nitrogen and oxygen atoms in total. The molecule has 0 aliphatic heterocycles. The molecule has 3 heteroatoms. The Labute approximate surface area is 283 Å². The van der Waals surface area contributed by atoms with Gasteiger partial charge in [0.25, 0.3) is 0 Å². The normalized spacial score (nSPS) is 12.2. The Balaban J connectivity index is 1.85. The molecule has 0 saturated carbocycles. The molecule has 0 saturated heterocycles. The van der Waals surface area contributed by atoms with Gasteiger partial charge in [0.2, 0.25) is 0 Å². The van der Waals surface area contributed by atoms with E-state index in [1.54, 1.807) is 0 Å². The van der Waals surface area contributed by atoms with Crippen LogP contribution in [-0.4, -0.2) is 14.5 Å². The average molecular weight is 639 g/mol. The van der Waals surface area contributed by atoms with E-state index in [9.17, 15) is 0 Å². The molecule has 0 amide bonds. The lowest BCUT2D eigenvalue weighted by Crippen LogP contribution is -2.37. The third kappa shape index (κ3) is 7.82. The van der Waals surface area contributed by atoms with Gasteiger partial charge in [-0.3, -0.25) is 0 Å². The number of rotatable bonds is 9. The highest BCUT2D eigenvalue weighted by molar-refractivity contribution is 7.79. The zero-order valence-corrected chi connectivity index (χ0v) is 31.1. The molecule has 0 atom stereocenters. The van der Waals surface area contributed by atoms with Gasteiger partial charge in [-0.05, 0) is 103 Å². The fraction of sp³-hybridized carbons (Fsp3) is 0.256. The first-order valence-electron chi connectivity index (χ1n) is 16.4. The molecule has 234 valence electrons. The standard InChI is InChI=1S/C26H28P.C13H11O.C4H9.Al/c1-18-14-20(3)25(21(4)15-18)27(13-12-24-10-8-7-9-11-24)26-22(5)16-19(2)17-23(26)6;14-13(11-7-3-1-4-8-11)12-9-5-2-6-10-12;1-4(2)3;/h7-12,14-17H,1-6H3;1-10,13H;1-3H3;/q;-1;;+1. The summed E-state index contributed by atoms with van der Waals surface area (Å²) in [5.41, 5.74) is 11.7. The Morgan fingerprint density at radius 2 is 0.957 bits per heavy atom. The molecule has 5 aromatic rings. The maximum Gasteiger partial charge on any atom is 0.510 e. The highest BCUT2D eigenvalue weighted by Crippen LogP contribution is 2.53. The van der Waals surface area contributed by atoms with Crippen molar-refractivity contribution in [3.8, 4) is 0 Å². The summed E-state index contributed by atoms with van der Waals surface area (Å²) in [6.45, 7) is 20.9. The molecule has 0 unspecified atom stereocenters. The van der Waals surface area contributed by atoms with E-state index in [1.807, 2.05) is 0 Å². The van der Waals surface area contributed by atoms with Gasteiger partial charge in [-0.25, -0.2) is 0 Å². The lowest BCUT2D eigenvalue weighted by molar-refractivity contribution is 0.239. The minimum atomic E-state index is -2.22. The van der Waals surface area contributed by atoms with Gasteiger partial charge < -0.3 is 3.79 Å². The summed E-state index contributed by atoms with van der Waals surface area (Å²) < 4.78 is 9.15. The van der Waals surface area contributed by atoms with Gasteiger partial charge in [-0.1, -0.05) is 157 Å². The lowest BCUT2D eigenvalue weighted by Gasteiger charge is -2.37. The van der Waals surface area contributed by atoms with Crippen molar-refractivity contribution in [3.05, 3.63) is 170 Å². The summed E-state index contributed by atoms with van der Waals surface area (Å²) in [6, 6.07) is 42.0. The van der Waals surface area contributed by atoms with Gasteiger partial charge in [-0.2, -0.15) is 0 Å². The maximum absolute atomic E-state index is 7.74. The number of hydrogen-bond donors (Lipinski definition) is 0. The number of hydrogen-bond acceptors (Lipinski definition) is 1. The second-order valence-corrected chi connectivity index (χ2v) is 19.8. The summed E-state index contributed by atoms with van der Waals surface area (Å²) in [4.78, 5) is 0. The van der Waals surface area contributed by atoms with Gasteiger partial charge >= 0.3 is 14.5 Å². The predicted octanol–water partition coefficient (Wildman–Crippen LogP) is 11.1. The van der Waals surface area contributed by atoms with Gasteiger partial charge in [0.15, 0.2) is 0 Å². The molecular weight excluding hydrogens is 590 g/mol. The lowest BCUT2D eigenvalue weighted by atomic mass is 10.0. The first-order chi connectivity index (χ1) is 21.9. The van der Waals surface area contributed by atoms with Crippen molar-refractivity contribution in [3.63, 3.8) is 0 Å². The number of aryl methyl sites for hydroxylation is 6. The van der Waals surface area contributed by atoms with Gasteiger partial charge in [0.1, 0.15) is 0 Å². The molecule has 0 N–H and O–H groups in total. The molecule has 0 heterocycles. The molecule has 46 heavy (non-hydrogen) atoms. The molecule has 0 fully saturated rings. The van der Waals surface area contributed by atoms with Crippen LogP contribution in [0.3, 0.4) is 0 Å². The van der Waals surface area contributed by atoms with Crippen molar-refractivity contribution < 1.29 is 3.79 Å². The largest absolute Gasteiger partial charge is 0.510 e. The zero-order valence-electron chi connectivity index (χ0n) is 29.1. The maximum atomic E-state index is 7.74. The highest BCUT2D eigenvalue weighted by Gasteiger charge is 2.45. The van der Waals surface area contributed by atoms with Crippen LogP contribution in [0.4, 0.5) is 0 Å². The Bertz CT molecular complexity index is 1660. The second kappa shape index (κ2) is 14.7. The Hall–Kier alpha value is -3.24. The van der Waals surface area contributed by atoms with Crippen molar-refractivity contribution in [1.29, 1.82) is 0 Å². The Morgan fingerprint density at radius 3 is 1.33 bits per heavy atom. The van der Waals surface area contributed by atoms with E-state index in [0.717, 1.165) is 0 Å². The summed E-state index contributed by atoms with van der Waals surface area (Å²) >= 11 is -2.22. The van der Waals surface area contributed by atoms with Crippen molar-refractivity contribution in [2.24, 2.45) is 0 Å². The first-order valence-corrected chi connectivity index (χ1v) is 19.4. The molecule has 5 aromatic carbocycles. The number of benzene rings is 5. The van der Waals surface area contributed by atoms with Crippen LogP contribution in [0, 0.1) is 41.5 Å². The van der Waals surface area contributed by atoms with Crippen molar-refractivity contribution in [2.45, 2.75) is 72.7 Å². The van der Waals surface area contributed by atoms with E-state index >= 15 is 0 Å². The van der Waals surface area contributed by atoms with Crippen LogP contribution in [0.5, 0.6) is 0 Å². The van der Waals surface area contributed by atoms with E-state index < -0.39 is 22.4 Å². The summed E-state index contributed by atoms with van der Waals surface area (Å²) in [6.07, 6.45) is 2.35. The minimum Gasteiger partial charge on any atom is -0.488 e. The van der Waals surface area contributed by atoms with Crippen LogP contribution < -0.4 is 10.6 Å². The summed E-state index contributed by atoms with van der Waals surface area (Å²) in [5, 5.41) is 2.94. The van der Waals surface area contributed by atoms with Crippen molar-refractivity contribution in [2.75, 3.05) is 0 Å². The van der Waals surface area contributed by atoms with Crippen LogP contribution in [-0.2, 0) is 3.79 Å². The SMILES string of the molecule is Cc1cc(C)c(P(/[C](=C/c2ccccc2)[Al]([O]C(c2ccccc2)c2ccccc2)[C](C)(C)C)c2c(C)cc(C)cc2C)c(C)c1. The van der Waals surface area contributed by atoms with Crippen molar-refractivity contribution in [1.82, 2.24) is 0 Å². The van der Waals surface area contributed by atoms with E-state index in [0.29, 0.717) is 0 Å². The zero-order chi connectivity index (χ0) is 33.0. The monoisotopic (exact) mass is 638 g/mol. The minimum absolute atomic E-state index is 0.0674. The molecule has 0 bridgehead atoms. The van der Waals surface area contributed by atoms with Crippen LogP contribution in [0.15, 0.2) is 119 Å². The average Bonchev–Trinajstić information content (AvgIpc) is 3.00. The molecule has 0 aromatic heterocycles. The first kappa shape index (κ1) is 34.1. The fourth-order valence-electron chi connectivity index (χ4n) is 6.86. The van der Waals surface area contributed by atoms with Crippen LogP contribution in [0.25, 0.3) is 6.08 Å². The summed E-state index contributed by atoms with van der Waals surface area (Å²) in [7, 11) is -0.920. The van der Waals surface area contributed by atoms with Crippen molar-refractivity contribution >= 4 is 39.1 Å². The Kier molecular flexibility index (Phi) is 10.9. The molecule has 0 radical (unpaired) electrons. The Morgan fingerprint density at radius 1 is 0.587 bits per heavy atom. The quantitative estimate of drug-likeness (QED) is 0.115. The molecule has 0 spiro atoms. The molecule has 0 aliphatic rings. The van der Waals surface area contributed by atoms with Gasteiger partial charge in [0, 0.05) is 0 Å². The third-order valence-corrected chi connectivity index (χ3v) is 15.9. The van der Waals surface area contributed by atoms with E-state index in [-0.39, 0.29) is 10.4 Å². The van der Waals surface area contributed by atoms with E-state index in [4.69, 9.17) is 3.79 Å². The van der Waals surface area contributed by atoms with E-state index in [1.165, 1.54) is 64.9 Å².